The lowest BCUT2D eigenvalue weighted by molar-refractivity contribution is 0.0972. The Bertz CT molecular complexity index is 156. The van der Waals surface area contributed by atoms with Crippen molar-refractivity contribution >= 4 is 0 Å². The first-order valence-electron chi connectivity index (χ1n) is 6.06. The Morgan fingerprint density at radius 1 is 0.929 bits per heavy atom. The van der Waals surface area contributed by atoms with Crippen LogP contribution in [0.25, 0.3) is 0 Å². The maximum atomic E-state index is 5.64. The smallest absolute Gasteiger partial charge is 0.0120 e. The minimum Gasteiger partial charge on any atom is -0.303 e. The van der Waals surface area contributed by atoms with E-state index in [0.29, 0.717) is 0 Å². The fourth-order valence-corrected chi connectivity index (χ4v) is 2.75. The highest BCUT2D eigenvalue weighted by Gasteiger charge is 2.24. The third-order valence-corrected chi connectivity index (χ3v) is 3.72. The summed E-state index contributed by atoms with van der Waals surface area (Å²) in [5, 5.41) is 0. The molecule has 0 unspecified atom stereocenters. The third kappa shape index (κ3) is 2.48. The monoisotopic (exact) mass is 194 g/mol. The quantitative estimate of drug-likeness (QED) is 0.659. The van der Waals surface area contributed by atoms with Gasteiger partial charge in [0.1, 0.15) is 0 Å². The second-order valence-electron chi connectivity index (χ2n) is 4.63. The molecule has 0 bridgehead atoms. The molecule has 2 nitrogen and oxygen atoms in total. The number of rotatable bonds is 2. The highest BCUT2D eigenvalue weighted by Crippen LogP contribution is 2.20. The number of hydrogen-bond acceptors (Lipinski definition) is 2. The molecule has 2 fully saturated rings. The summed E-state index contributed by atoms with van der Waals surface area (Å²) in [6.45, 7) is 11.5. The molecule has 0 amide bonds. The van der Waals surface area contributed by atoms with Gasteiger partial charge >= 0.3 is 0 Å². The minimum atomic E-state index is 0.743. The standard InChI is InChI=1S/C12H22N2/c1-2-13-10-6-12(7-11-13)14-8-4-3-5-9-14/h1,12H,2-11H2. The number of nitrogens with zero attached hydrogens (tertiary/aromatic N) is 2. The van der Waals surface area contributed by atoms with E-state index < -0.39 is 0 Å². The fraction of sp³-hybridized carbons (Fsp3) is 0.917. The summed E-state index contributed by atoms with van der Waals surface area (Å²) in [6, 6.07) is 0.859. The van der Waals surface area contributed by atoms with Crippen LogP contribution < -0.4 is 0 Å². The number of piperidine rings is 2. The van der Waals surface area contributed by atoms with Crippen molar-refractivity contribution in [2.24, 2.45) is 0 Å². The van der Waals surface area contributed by atoms with E-state index in [1.54, 1.807) is 0 Å². The molecule has 14 heavy (non-hydrogen) atoms. The van der Waals surface area contributed by atoms with Crippen LogP contribution in [-0.2, 0) is 0 Å². The van der Waals surface area contributed by atoms with Crippen LogP contribution in [0.4, 0.5) is 0 Å². The van der Waals surface area contributed by atoms with Crippen LogP contribution in [0.1, 0.15) is 32.1 Å². The molecule has 0 spiro atoms. The molecule has 80 valence electrons. The SMILES string of the molecule is [CH]CN1CCC(N2CCCCC2)CC1. The lowest BCUT2D eigenvalue weighted by atomic mass is 10.00. The summed E-state index contributed by atoms with van der Waals surface area (Å²) < 4.78 is 0. The highest BCUT2D eigenvalue weighted by molar-refractivity contribution is 4.81. The lowest BCUT2D eigenvalue weighted by Gasteiger charge is -2.39. The molecule has 2 rings (SSSR count). The molecule has 2 heterocycles. The second kappa shape index (κ2) is 5.13. The van der Waals surface area contributed by atoms with Gasteiger partial charge in [0.25, 0.3) is 0 Å². The molecule has 0 atom stereocenters. The van der Waals surface area contributed by atoms with Gasteiger partial charge in [-0.3, -0.25) is 0 Å². The van der Waals surface area contributed by atoms with Gasteiger partial charge in [-0.25, -0.2) is 0 Å². The van der Waals surface area contributed by atoms with Crippen molar-refractivity contribution in [1.82, 2.24) is 9.80 Å². The van der Waals surface area contributed by atoms with Crippen molar-refractivity contribution < 1.29 is 0 Å². The van der Waals surface area contributed by atoms with Crippen LogP contribution in [-0.4, -0.2) is 48.6 Å². The zero-order valence-corrected chi connectivity index (χ0v) is 9.12. The van der Waals surface area contributed by atoms with Crippen molar-refractivity contribution in [2.45, 2.75) is 38.1 Å². The van der Waals surface area contributed by atoms with Gasteiger partial charge in [-0.05, 0) is 58.8 Å². The Balaban J connectivity index is 1.76. The van der Waals surface area contributed by atoms with E-state index in [4.69, 9.17) is 6.92 Å². The van der Waals surface area contributed by atoms with E-state index in [2.05, 4.69) is 9.80 Å². The van der Waals surface area contributed by atoms with Gasteiger partial charge in [-0.2, -0.15) is 0 Å². The Kier molecular flexibility index (Phi) is 3.82. The zero-order valence-electron chi connectivity index (χ0n) is 9.12. The topological polar surface area (TPSA) is 6.48 Å². The first kappa shape index (κ1) is 10.4. The predicted molar refractivity (Wildman–Crippen MR) is 59.2 cm³/mol. The van der Waals surface area contributed by atoms with Crippen LogP contribution in [0.15, 0.2) is 0 Å². The predicted octanol–water partition coefficient (Wildman–Crippen LogP) is 1.65. The van der Waals surface area contributed by atoms with Gasteiger partial charge < -0.3 is 9.80 Å². The Morgan fingerprint density at radius 3 is 2.14 bits per heavy atom. The lowest BCUT2D eigenvalue weighted by Crippen LogP contribution is -2.46. The van der Waals surface area contributed by atoms with Crippen molar-refractivity contribution in [2.75, 3.05) is 32.7 Å². The van der Waals surface area contributed by atoms with E-state index in [0.717, 1.165) is 12.6 Å². The molecule has 0 aliphatic carbocycles. The molecule has 2 aliphatic heterocycles. The van der Waals surface area contributed by atoms with Crippen LogP contribution in [0, 0.1) is 6.92 Å². The summed E-state index contributed by atoms with van der Waals surface area (Å²) >= 11 is 0. The second-order valence-corrected chi connectivity index (χ2v) is 4.63. The average molecular weight is 194 g/mol. The summed E-state index contributed by atoms with van der Waals surface area (Å²) in [4.78, 5) is 5.07. The molecular formula is C12H22N2. The van der Waals surface area contributed by atoms with Gasteiger partial charge in [0.05, 0.1) is 0 Å². The van der Waals surface area contributed by atoms with Gasteiger partial charge in [0.15, 0.2) is 0 Å². The van der Waals surface area contributed by atoms with Crippen molar-refractivity contribution in [3.63, 3.8) is 0 Å². The van der Waals surface area contributed by atoms with Crippen molar-refractivity contribution in [3.8, 4) is 0 Å². The zero-order chi connectivity index (χ0) is 9.80. The van der Waals surface area contributed by atoms with Crippen LogP contribution in [0.5, 0.6) is 0 Å². The molecule has 0 saturated carbocycles. The van der Waals surface area contributed by atoms with E-state index in [-0.39, 0.29) is 0 Å². The van der Waals surface area contributed by atoms with E-state index in [9.17, 15) is 0 Å². The molecule has 2 saturated heterocycles. The van der Waals surface area contributed by atoms with Crippen molar-refractivity contribution in [3.05, 3.63) is 6.92 Å². The molecule has 0 aromatic carbocycles. The van der Waals surface area contributed by atoms with Gasteiger partial charge in [-0.15, -0.1) is 0 Å². The molecule has 0 N–H and O–H groups in total. The number of likely N-dealkylation sites (tertiary alicyclic amines) is 2. The Hall–Kier alpha value is -0.0800. The Morgan fingerprint density at radius 2 is 1.57 bits per heavy atom. The minimum absolute atomic E-state index is 0.743. The molecule has 2 radical (unpaired) electrons. The van der Waals surface area contributed by atoms with Gasteiger partial charge in [-0.1, -0.05) is 6.42 Å². The van der Waals surface area contributed by atoms with Crippen molar-refractivity contribution in [1.29, 1.82) is 0 Å². The maximum absolute atomic E-state index is 5.64. The summed E-state index contributed by atoms with van der Waals surface area (Å²) in [6.07, 6.45) is 6.93. The first-order chi connectivity index (χ1) is 6.90. The number of hydrogen-bond donors (Lipinski definition) is 0. The van der Waals surface area contributed by atoms with Gasteiger partial charge in [0, 0.05) is 12.6 Å². The fourth-order valence-electron chi connectivity index (χ4n) is 2.75. The normalized spacial score (nSPS) is 28.1. The van der Waals surface area contributed by atoms with Gasteiger partial charge in [0.2, 0.25) is 0 Å². The molecule has 2 aliphatic rings. The van der Waals surface area contributed by atoms with Crippen LogP contribution in [0.3, 0.4) is 0 Å². The summed E-state index contributed by atoms with van der Waals surface area (Å²) in [5.74, 6) is 0. The summed E-state index contributed by atoms with van der Waals surface area (Å²) in [5.41, 5.74) is 0. The third-order valence-electron chi connectivity index (χ3n) is 3.72. The maximum Gasteiger partial charge on any atom is 0.0120 e. The largest absolute Gasteiger partial charge is 0.303 e. The average Bonchev–Trinajstić information content (AvgIpc) is 2.30. The summed E-state index contributed by atoms with van der Waals surface area (Å²) in [7, 11) is 0. The molecular weight excluding hydrogens is 172 g/mol. The molecule has 2 heteroatoms. The first-order valence-corrected chi connectivity index (χ1v) is 6.06. The van der Waals surface area contributed by atoms with Crippen LogP contribution >= 0.6 is 0 Å². The highest BCUT2D eigenvalue weighted by atomic mass is 15.2. The van der Waals surface area contributed by atoms with E-state index in [1.807, 2.05) is 0 Å². The molecule has 0 aromatic rings. The van der Waals surface area contributed by atoms with Crippen LogP contribution in [0.2, 0.25) is 0 Å². The molecule has 0 aromatic heterocycles. The Labute approximate surface area is 88.3 Å². The van der Waals surface area contributed by atoms with E-state index >= 15 is 0 Å². The van der Waals surface area contributed by atoms with E-state index in [1.165, 1.54) is 58.3 Å².